The van der Waals surface area contributed by atoms with Gasteiger partial charge in [-0.25, -0.2) is 9.48 Å². The highest BCUT2D eigenvalue weighted by Crippen LogP contribution is 2.23. The molecule has 104 valence electrons. The van der Waals surface area contributed by atoms with E-state index in [0.29, 0.717) is 5.92 Å². The van der Waals surface area contributed by atoms with Gasteiger partial charge in [0.25, 0.3) is 0 Å². The summed E-state index contributed by atoms with van der Waals surface area (Å²) in [6.07, 6.45) is 5.76. The van der Waals surface area contributed by atoms with Gasteiger partial charge < -0.3 is 10.4 Å². The Balaban J connectivity index is 1.87. The number of nitrogens with one attached hydrogen (secondary N) is 1. The van der Waals surface area contributed by atoms with Crippen LogP contribution in [0.5, 0.6) is 0 Å². The molecule has 0 aliphatic heterocycles. The lowest BCUT2D eigenvalue weighted by Gasteiger charge is -2.29. The van der Waals surface area contributed by atoms with E-state index in [1.807, 2.05) is 0 Å². The van der Waals surface area contributed by atoms with Crippen molar-refractivity contribution in [1.82, 2.24) is 20.3 Å². The highest BCUT2D eigenvalue weighted by Gasteiger charge is 2.23. The van der Waals surface area contributed by atoms with Gasteiger partial charge in [0.05, 0.1) is 6.20 Å². The van der Waals surface area contributed by atoms with Crippen LogP contribution in [0.25, 0.3) is 0 Å². The van der Waals surface area contributed by atoms with Gasteiger partial charge in [0.2, 0.25) is 5.91 Å². The van der Waals surface area contributed by atoms with Crippen molar-refractivity contribution in [2.75, 3.05) is 0 Å². The number of aromatic carboxylic acids is 1. The summed E-state index contributed by atoms with van der Waals surface area (Å²) in [5, 5.41) is 18.8. The maximum Gasteiger partial charge on any atom is 0.358 e. The van der Waals surface area contributed by atoms with E-state index < -0.39 is 5.97 Å². The number of nitrogens with zero attached hydrogens (tertiary/aromatic N) is 3. The van der Waals surface area contributed by atoms with Crippen LogP contribution in [0.1, 0.15) is 43.1 Å². The number of carboxylic acid groups (broad SMARTS) is 1. The maximum absolute atomic E-state index is 11.9. The summed E-state index contributed by atoms with van der Waals surface area (Å²) in [6, 6.07) is 0.212. The maximum atomic E-state index is 11.9. The van der Waals surface area contributed by atoms with Crippen LogP contribution in [0.4, 0.5) is 0 Å². The highest BCUT2D eigenvalue weighted by molar-refractivity contribution is 5.84. The van der Waals surface area contributed by atoms with Crippen molar-refractivity contribution in [1.29, 1.82) is 0 Å². The molecule has 2 rings (SSSR count). The van der Waals surface area contributed by atoms with Crippen LogP contribution < -0.4 is 5.32 Å². The van der Waals surface area contributed by atoms with Gasteiger partial charge in [-0.2, -0.15) is 0 Å². The number of carboxylic acids is 1. The van der Waals surface area contributed by atoms with E-state index >= 15 is 0 Å². The minimum absolute atomic E-state index is 0.00347. The number of aromatic nitrogens is 3. The average molecular weight is 266 g/mol. The average Bonchev–Trinajstić information content (AvgIpc) is 2.80. The number of hydrogen-bond acceptors (Lipinski definition) is 4. The Bertz CT molecular complexity index is 471. The topological polar surface area (TPSA) is 97.1 Å². The number of carbonyl (C=O) groups excluding carboxylic acids is 1. The lowest BCUT2D eigenvalue weighted by atomic mass is 9.86. The third-order valence-corrected chi connectivity index (χ3v) is 3.52. The third-order valence-electron chi connectivity index (χ3n) is 3.52. The Morgan fingerprint density at radius 1 is 1.47 bits per heavy atom. The molecule has 1 amide bonds. The normalized spacial score (nSPS) is 23.0. The largest absolute Gasteiger partial charge is 0.476 e. The van der Waals surface area contributed by atoms with Crippen molar-refractivity contribution in [3.8, 4) is 0 Å². The molecule has 1 heterocycles. The smallest absolute Gasteiger partial charge is 0.358 e. The SMILES string of the molecule is CC1CCCCC1NC(=O)Cn1cc(C(=O)O)nn1. The predicted octanol–water partition coefficient (Wildman–Crippen LogP) is 0.671. The molecule has 7 heteroatoms. The molecule has 2 N–H and O–H groups in total. The first-order valence-corrected chi connectivity index (χ1v) is 6.49. The van der Waals surface area contributed by atoms with E-state index in [4.69, 9.17) is 5.11 Å². The van der Waals surface area contributed by atoms with E-state index in [1.54, 1.807) is 0 Å². The van der Waals surface area contributed by atoms with Gasteiger partial charge >= 0.3 is 5.97 Å². The lowest BCUT2D eigenvalue weighted by molar-refractivity contribution is -0.123. The predicted molar refractivity (Wildman–Crippen MR) is 66.5 cm³/mol. The second kappa shape index (κ2) is 5.81. The van der Waals surface area contributed by atoms with Gasteiger partial charge in [-0.1, -0.05) is 25.0 Å². The van der Waals surface area contributed by atoms with Crippen molar-refractivity contribution >= 4 is 11.9 Å². The first-order valence-electron chi connectivity index (χ1n) is 6.49. The Morgan fingerprint density at radius 3 is 2.84 bits per heavy atom. The summed E-state index contributed by atoms with van der Waals surface area (Å²) in [6.45, 7) is 2.14. The first-order chi connectivity index (χ1) is 9.06. The molecule has 0 aromatic carbocycles. The molecule has 7 nitrogen and oxygen atoms in total. The van der Waals surface area contributed by atoms with E-state index in [1.165, 1.54) is 17.3 Å². The molecular formula is C12H18N4O3. The molecule has 19 heavy (non-hydrogen) atoms. The Kier molecular flexibility index (Phi) is 4.13. The molecular weight excluding hydrogens is 248 g/mol. The molecule has 0 bridgehead atoms. The van der Waals surface area contributed by atoms with E-state index in [9.17, 15) is 9.59 Å². The van der Waals surface area contributed by atoms with Crippen LogP contribution in [0.2, 0.25) is 0 Å². The second-order valence-corrected chi connectivity index (χ2v) is 5.04. The molecule has 1 aromatic heterocycles. The molecule has 1 aliphatic rings. The standard InChI is InChI=1S/C12H18N4O3/c1-8-4-2-3-5-9(8)13-11(17)7-16-6-10(12(18)19)14-15-16/h6,8-9H,2-5,7H2,1H3,(H,13,17)(H,18,19). The fraction of sp³-hybridized carbons (Fsp3) is 0.667. The van der Waals surface area contributed by atoms with Crippen LogP contribution >= 0.6 is 0 Å². The highest BCUT2D eigenvalue weighted by atomic mass is 16.4. The summed E-state index contributed by atoms with van der Waals surface area (Å²) in [4.78, 5) is 22.5. The number of hydrogen-bond donors (Lipinski definition) is 2. The van der Waals surface area contributed by atoms with Gasteiger partial charge in [-0.05, 0) is 18.8 Å². The van der Waals surface area contributed by atoms with Crippen LogP contribution in [-0.2, 0) is 11.3 Å². The van der Waals surface area contributed by atoms with E-state index in [2.05, 4.69) is 22.6 Å². The zero-order chi connectivity index (χ0) is 13.8. The molecule has 0 radical (unpaired) electrons. The monoisotopic (exact) mass is 266 g/mol. The molecule has 1 fully saturated rings. The number of carbonyl (C=O) groups is 2. The van der Waals surface area contributed by atoms with Crippen LogP contribution in [-0.4, -0.2) is 38.0 Å². The van der Waals surface area contributed by atoms with Crippen molar-refractivity contribution in [2.24, 2.45) is 5.92 Å². The Labute approximate surface area is 111 Å². The molecule has 2 unspecified atom stereocenters. The Hall–Kier alpha value is -1.92. The molecule has 0 spiro atoms. The fourth-order valence-corrected chi connectivity index (χ4v) is 2.40. The van der Waals surface area contributed by atoms with Crippen molar-refractivity contribution < 1.29 is 14.7 Å². The number of amides is 1. The van der Waals surface area contributed by atoms with E-state index in [0.717, 1.165) is 19.3 Å². The van der Waals surface area contributed by atoms with Crippen molar-refractivity contribution in [3.05, 3.63) is 11.9 Å². The first kappa shape index (κ1) is 13.5. The second-order valence-electron chi connectivity index (χ2n) is 5.04. The molecule has 0 saturated heterocycles. The van der Waals surface area contributed by atoms with Crippen molar-refractivity contribution in [2.45, 2.75) is 45.2 Å². The molecule has 2 atom stereocenters. The van der Waals surface area contributed by atoms with Crippen LogP contribution in [0, 0.1) is 5.92 Å². The van der Waals surface area contributed by atoms with Crippen LogP contribution in [0.3, 0.4) is 0 Å². The summed E-state index contributed by atoms with van der Waals surface area (Å²) >= 11 is 0. The number of rotatable bonds is 4. The van der Waals surface area contributed by atoms with Crippen LogP contribution in [0.15, 0.2) is 6.20 Å². The zero-order valence-electron chi connectivity index (χ0n) is 10.9. The molecule has 1 aromatic rings. The van der Waals surface area contributed by atoms with Gasteiger partial charge in [0, 0.05) is 6.04 Å². The quantitative estimate of drug-likeness (QED) is 0.834. The summed E-state index contributed by atoms with van der Waals surface area (Å²) in [5.74, 6) is -0.809. The summed E-state index contributed by atoms with van der Waals surface area (Å²) in [7, 11) is 0. The molecule has 1 aliphatic carbocycles. The zero-order valence-corrected chi connectivity index (χ0v) is 10.9. The van der Waals surface area contributed by atoms with Gasteiger partial charge in [0.1, 0.15) is 6.54 Å². The minimum atomic E-state index is -1.15. The fourth-order valence-electron chi connectivity index (χ4n) is 2.40. The van der Waals surface area contributed by atoms with Gasteiger partial charge in [0.15, 0.2) is 5.69 Å². The van der Waals surface area contributed by atoms with Gasteiger partial charge in [-0.15, -0.1) is 5.10 Å². The third kappa shape index (κ3) is 3.52. The summed E-state index contributed by atoms with van der Waals surface area (Å²) in [5.41, 5.74) is -0.154. The minimum Gasteiger partial charge on any atom is -0.476 e. The van der Waals surface area contributed by atoms with Gasteiger partial charge in [-0.3, -0.25) is 4.79 Å². The molecule has 1 saturated carbocycles. The van der Waals surface area contributed by atoms with E-state index in [-0.39, 0.29) is 24.2 Å². The lowest BCUT2D eigenvalue weighted by Crippen LogP contribution is -2.42. The summed E-state index contributed by atoms with van der Waals surface area (Å²) < 4.78 is 1.24. The van der Waals surface area contributed by atoms with Crippen molar-refractivity contribution in [3.63, 3.8) is 0 Å². The Morgan fingerprint density at radius 2 is 2.21 bits per heavy atom.